The molecule has 0 aliphatic heterocycles. The maximum Gasteiger partial charge on any atom is 0.258 e. The molecule has 1 aromatic carbocycles. The second-order valence-corrected chi connectivity index (χ2v) is 5.16. The van der Waals surface area contributed by atoms with Crippen LogP contribution in [0.3, 0.4) is 0 Å². The standard InChI is InChI=1S/C12H12N6OS/c1-7-16-17-12(18(7)13)20-6-10-14-9-5-3-2-4-8(9)11(19)15-10/h2-5H,6,13H2,1H3,(H,14,15,19). The van der Waals surface area contributed by atoms with Crippen molar-refractivity contribution < 1.29 is 0 Å². The molecule has 0 amide bonds. The first-order chi connectivity index (χ1) is 9.65. The Morgan fingerprint density at radius 3 is 2.90 bits per heavy atom. The SMILES string of the molecule is Cc1nnc(SCc2nc3ccccc3c(=O)[nH]2)n1N. The molecule has 2 heterocycles. The van der Waals surface area contributed by atoms with E-state index in [0.717, 1.165) is 0 Å². The number of para-hydroxylation sites is 1. The number of H-pyrrole nitrogens is 1. The number of aryl methyl sites for hydroxylation is 1. The monoisotopic (exact) mass is 288 g/mol. The average Bonchev–Trinajstić information content (AvgIpc) is 2.77. The number of aromatic amines is 1. The van der Waals surface area contributed by atoms with Crippen molar-refractivity contribution in [3.63, 3.8) is 0 Å². The first-order valence-corrected chi connectivity index (χ1v) is 6.91. The number of thioether (sulfide) groups is 1. The number of nitrogens with one attached hydrogen (secondary N) is 1. The zero-order valence-corrected chi connectivity index (χ0v) is 11.5. The van der Waals surface area contributed by atoms with Crippen LogP contribution in [0.25, 0.3) is 10.9 Å². The van der Waals surface area contributed by atoms with Gasteiger partial charge in [0, 0.05) is 0 Å². The van der Waals surface area contributed by atoms with E-state index in [1.807, 2.05) is 18.2 Å². The highest BCUT2D eigenvalue weighted by molar-refractivity contribution is 7.98. The summed E-state index contributed by atoms with van der Waals surface area (Å²) in [5, 5.41) is 8.98. The van der Waals surface area contributed by atoms with Gasteiger partial charge >= 0.3 is 0 Å². The quantitative estimate of drug-likeness (QED) is 0.546. The van der Waals surface area contributed by atoms with Gasteiger partial charge in [0.2, 0.25) is 5.16 Å². The maximum atomic E-state index is 11.9. The van der Waals surface area contributed by atoms with Crippen molar-refractivity contribution in [2.24, 2.45) is 0 Å². The van der Waals surface area contributed by atoms with Crippen LogP contribution in [0, 0.1) is 6.92 Å². The molecule has 2 aromatic heterocycles. The Kier molecular flexibility index (Phi) is 3.15. The first-order valence-electron chi connectivity index (χ1n) is 5.93. The topological polar surface area (TPSA) is 102 Å². The number of rotatable bonds is 3. The number of aromatic nitrogens is 5. The molecular formula is C12H12N6OS. The summed E-state index contributed by atoms with van der Waals surface area (Å²) in [4.78, 5) is 19.1. The smallest absolute Gasteiger partial charge is 0.258 e. The van der Waals surface area contributed by atoms with Gasteiger partial charge < -0.3 is 10.8 Å². The molecule has 0 aliphatic rings. The largest absolute Gasteiger partial charge is 0.336 e. The summed E-state index contributed by atoms with van der Waals surface area (Å²) in [5.41, 5.74) is 0.536. The van der Waals surface area contributed by atoms with Crippen LogP contribution in [0.15, 0.2) is 34.2 Å². The van der Waals surface area contributed by atoms with Gasteiger partial charge in [-0.1, -0.05) is 23.9 Å². The number of fused-ring (bicyclic) bond motifs is 1. The second-order valence-electron chi connectivity index (χ2n) is 4.22. The molecule has 0 unspecified atom stereocenters. The van der Waals surface area contributed by atoms with Crippen LogP contribution in [-0.2, 0) is 5.75 Å². The van der Waals surface area contributed by atoms with Crippen molar-refractivity contribution in [3.05, 3.63) is 46.3 Å². The highest BCUT2D eigenvalue weighted by atomic mass is 32.2. The predicted octanol–water partition coefficient (Wildman–Crippen LogP) is 0.829. The Bertz CT molecular complexity index is 824. The Hall–Kier alpha value is -2.35. The summed E-state index contributed by atoms with van der Waals surface area (Å²) in [6.07, 6.45) is 0. The molecule has 8 heteroatoms. The van der Waals surface area contributed by atoms with Crippen LogP contribution < -0.4 is 11.4 Å². The molecular weight excluding hydrogens is 276 g/mol. The van der Waals surface area contributed by atoms with Gasteiger partial charge in [0.25, 0.3) is 5.56 Å². The van der Waals surface area contributed by atoms with Gasteiger partial charge in [-0.05, 0) is 19.1 Å². The molecule has 7 nitrogen and oxygen atoms in total. The normalized spacial score (nSPS) is 11.1. The summed E-state index contributed by atoms with van der Waals surface area (Å²) in [6.45, 7) is 1.77. The number of nitrogens with zero attached hydrogens (tertiary/aromatic N) is 4. The van der Waals surface area contributed by atoms with Gasteiger partial charge in [0.1, 0.15) is 11.6 Å². The van der Waals surface area contributed by atoms with Crippen LogP contribution in [0.4, 0.5) is 0 Å². The molecule has 0 radical (unpaired) electrons. The van der Waals surface area contributed by atoms with Crippen molar-refractivity contribution in [2.75, 3.05) is 5.84 Å². The number of nitrogen functional groups attached to an aromatic ring is 1. The van der Waals surface area contributed by atoms with E-state index in [4.69, 9.17) is 5.84 Å². The summed E-state index contributed by atoms with van der Waals surface area (Å²) < 4.78 is 1.41. The van der Waals surface area contributed by atoms with Crippen LogP contribution in [0.1, 0.15) is 11.6 Å². The Morgan fingerprint density at radius 1 is 1.35 bits per heavy atom. The molecule has 102 valence electrons. The van der Waals surface area contributed by atoms with Crippen molar-refractivity contribution in [1.29, 1.82) is 0 Å². The summed E-state index contributed by atoms with van der Waals surface area (Å²) >= 11 is 1.37. The molecule has 0 spiro atoms. The van der Waals surface area contributed by atoms with Gasteiger partial charge in [-0.3, -0.25) is 4.79 Å². The van der Waals surface area contributed by atoms with Crippen LogP contribution in [-0.4, -0.2) is 24.8 Å². The third kappa shape index (κ3) is 2.25. The zero-order valence-electron chi connectivity index (χ0n) is 10.7. The molecule has 0 saturated heterocycles. The Labute approximate surface area is 118 Å². The van der Waals surface area contributed by atoms with Gasteiger partial charge in [-0.25, -0.2) is 9.66 Å². The Balaban J connectivity index is 1.88. The van der Waals surface area contributed by atoms with E-state index in [1.54, 1.807) is 13.0 Å². The van der Waals surface area contributed by atoms with E-state index in [2.05, 4.69) is 20.2 Å². The van der Waals surface area contributed by atoms with Crippen LogP contribution in [0.5, 0.6) is 0 Å². The molecule has 0 bridgehead atoms. The number of benzene rings is 1. The molecule has 3 N–H and O–H groups in total. The van der Waals surface area contributed by atoms with E-state index in [0.29, 0.717) is 33.5 Å². The summed E-state index contributed by atoms with van der Waals surface area (Å²) in [5.74, 6) is 7.45. The minimum absolute atomic E-state index is 0.142. The van der Waals surface area contributed by atoms with Crippen molar-refractivity contribution in [1.82, 2.24) is 24.8 Å². The molecule has 0 saturated carbocycles. The Morgan fingerprint density at radius 2 is 2.15 bits per heavy atom. The van der Waals surface area contributed by atoms with Crippen LogP contribution in [0.2, 0.25) is 0 Å². The van der Waals surface area contributed by atoms with E-state index in [9.17, 15) is 4.79 Å². The van der Waals surface area contributed by atoms with E-state index in [1.165, 1.54) is 16.4 Å². The first kappa shape index (κ1) is 12.7. The molecule has 3 rings (SSSR count). The average molecular weight is 288 g/mol. The molecule has 3 aromatic rings. The third-order valence-corrected chi connectivity index (χ3v) is 3.79. The zero-order chi connectivity index (χ0) is 14.1. The fourth-order valence-electron chi connectivity index (χ4n) is 1.78. The fraction of sp³-hybridized carbons (Fsp3) is 0.167. The number of hydrogen-bond donors (Lipinski definition) is 2. The molecule has 0 aliphatic carbocycles. The predicted molar refractivity (Wildman–Crippen MR) is 76.8 cm³/mol. The van der Waals surface area contributed by atoms with Gasteiger partial charge in [0.15, 0.2) is 0 Å². The van der Waals surface area contributed by atoms with E-state index >= 15 is 0 Å². The van der Waals surface area contributed by atoms with E-state index < -0.39 is 0 Å². The van der Waals surface area contributed by atoms with Gasteiger partial charge in [0.05, 0.1) is 16.7 Å². The van der Waals surface area contributed by atoms with Crippen LogP contribution >= 0.6 is 11.8 Å². The highest BCUT2D eigenvalue weighted by Gasteiger charge is 2.09. The summed E-state index contributed by atoms with van der Waals surface area (Å²) in [7, 11) is 0. The lowest BCUT2D eigenvalue weighted by atomic mass is 10.2. The summed E-state index contributed by atoms with van der Waals surface area (Å²) in [6, 6.07) is 7.23. The minimum atomic E-state index is -0.142. The second kappa shape index (κ2) is 4.97. The molecule has 0 fully saturated rings. The van der Waals surface area contributed by atoms with Gasteiger partial charge in [-0.15, -0.1) is 10.2 Å². The minimum Gasteiger partial charge on any atom is -0.336 e. The lowest BCUT2D eigenvalue weighted by Crippen LogP contribution is -2.13. The lowest BCUT2D eigenvalue weighted by molar-refractivity contribution is 0.824. The van der Waals surface area contributed by atoms with Crippen molar-refractivity contribution in [3.8, 4) is 0 Å². The van der Waals surface area contributed by atoms with E-state index in [-0.39, 0.29) is 5.56 Å². The highest BCUT2D eigenvalue weighted by Crippen LogP contribution is 2.18. The molecule has 20 heavy (non-hydrogen) atoms. The van der Waals surface area contributed by atoms with Crippen molar-refractivity contribution in [2.45, 2.75) is 17.8 Å². The van der Waals surface area contributed by atoms with Gasteiger partial charge in [-0.2, -0.15) is 0 Å². The third-order valence-electron chi connectivity index (χ3n) is 2.83. The number of nitrogens with two attached hydrogens (primary N) is 1. The lowest BCUT2D eigenvalue weighted by Gasteiger charge is -2.03. The maximum absolute atomic E-state index is 11.9. The number of hydrogen-bond acceptors (Lipinski definition) is 6. The molecule has 0 atom stereocenters. The fourth-order valence-corrected chi connectivity index (χ4v) is 2.56. The van der Waals surface area contributed by atoms with Crippen molar-refractivity contribution >= 4 is 22.7 Å².